The molecule has 0 aliphatic carbocycles. The van der Waals surface area contributed by atoms with E-state index in [1.807, 2.05) is 12.1 Å². The van der Waals surface area contributed by atoms with Gasteiger partial charge in [0, 0.05) is 31.4 Å². The van der Waals surface area contributed by atoms with Crippen LogP contribution in [-0.2, 0) is 21.4 Å². The van der Waals surface area contributed by atoms with Gasteiger partial charge < -0.3 is 21.1 Å². The van der Waals surface area contributed by atoms with Crippen LogP contribution in [0.2, 0.25) is 0 Å². The molecule has 1 heterocycles. The maximum absolute atomic E-state index is 13.4. The molecular formula is C24H27N5O4S. The number of methoxy groups -OCH3 is 1. The van der Waals surface area contributed by atoms with Crippen molar-refractivity contribution >= 4 is 38.2 Å². The highest BCUT2D eigenvalue weighted by Gasteiger charge is 2.40. The van der Waals surface area contributed by atoms with Crippen LogP contribution in [0.25, 0.3) is 10.8 Å². The molecule has 4 rings (SSSR count). The van der Waals surface area contributed by atoms with E-state index in [0.717, 1.165) is 15.1 Å². The van der Waals surface area contributed by atoms with Crippen LogP contribution >= 0.6 is 0 Å². The van der Waals surface area contributed by atoms with Crippen molar-refractivity contribution in [1.29, 1.82) is 5.41 Å². The summed E-state index contributed by atoms with van der Waals surface area (Å²) in [5.74, 6) is 0.247. The number of fused-ring (bicyclic) bond motifs is 1. The Bertz CT molecular complexity index is 1390. The van der Waals surface area contributed by atoms with Crippen molar-refractivity contribution < 1.29 is 17.9 Å². The highest BCUT2D eigenvalue weighted by atomic mass is 32.2. The van der Waals surface area contributed by atoms with Crippen LogP contribution in [0.3, 0.4) is 0 Å². The Labute approximate surface area is 198 Å². The zero-order valence-electron chi connectivity index (χ0n) is 19.0. The molecule has 9 nitrogen and oxygen atoms in total. The monoisotopic (exact) mass is 481 g/mol. The number of likely N-dealkylation sites (N-methyl/N-ethyl adjacent to an activating group) is 1. The number of carbonyl (C=O) groups is 1. The Morgan fingerprint density at radius 3 is 2.59 bits per heavy atom. The van der Waals surface area contributed by atoms with Gasteiger partial charge in [-0.1, -0.05) is 12.1 Å². The van der Waals surface area contributed by atoms with Gasteiger partial charge in [0.2, 0.25) is 15.9 Å². The molecule has 0 aromatic heterocycles. The summed E-state index contributed by atoms with van der Waals surface area (Å²) in [5, 5.41) is 9.23. The Morgan fingerprint density at radius 2 is 1.88 bits per heavy atom. The number of benzene rings is 3. The van der Waals surface area contributed by atoms with Gasteiger partial charge in [-0.15, -0.1) is 0 Å². The van der Waals surface area contributed by atoms with Crippen molar-refractivity contribution in [3.8, 4) is 5.75 Å². The molecule has 1 amide bonds. The molecular weight excluding hydrogens is 454 g/mol. The highest BCUT2D eigenvalue weighted by Crippen LogP contribution is 2.29. The number of nitrogens with one attached hydrogen (secondary N) is 1. The van der Waals surface area contributed by atoms with Crippen molar-refractivity contribution in [3.63, 3.8) is 0 Å². The van der Waals surface area contributed by atoms with Gasteiger partial charge >= 0.3 is 0 Å². The summed E-state index contributed by atoms with van der Waals surface area (Å²) in [6, 6.07) is 14.5. The average molecular weight is 482 g/mol. The molecule has 1 unspecified atom stereocenters. The topological polar surface area (TPSA) is 143 Å². The molecule has 1 aliphatic rings. The van der Waals surface area contributed by atoms with Gasteiger partial charge in [0.05, 0.1) is 12.0 Å². The number of sulfonamides is 1. The summed E-state index contributed by atoms with van der Waals surface area (Å²) in [5.41, 5.74) is 13.3. The van der Waals surface area contributed by atoms with Crippen LogP contribution in [0.1, 0.15) is 17.5 Å². The van der Waals surface area contributed by atoms with E-state index in [2.05, 4.69) is 0 Å². The number of amidine groups is 1. The molecule has 10 heteroatoms. The summed E-state index contributed by atoms with van der Waals surface area (Å²) in [7, 11) is -0.928. The average Bonchev–Trinajstić information content (AvgIpc) is 3.18. The molecule has 0 bridgehead atoms. The Balaban J connectivity index is 1.56. The number of nitrogen functional groups attached to an aromatic ring is 2. The van der Waals surface area contributed by atoms with Gasteiger partial charge in [-0.05, 0) is 65.2 Å². The van der Waals surface area contributed by atoms with E-state index in [0.29, 0.717) is 35.5 Å². The SMILES string of the molecule is COc1ccc2ccc(S(=O)(=O)N(C)C3CCN(Cc4cc(C(=N)N)ccc4N)C3=O)cc2c1. The minimum atomic E-state index is -3.91. The predicted octanol–water partition coefficient (Wildman–Crippen LogP) is 2.14. The number of carbonyl (C=O) groups excluding carboxylic acids is 1. The lowest BCUT2D eigenvalue weighted by Gasteiger charge is -2.24. The van der Waals surface area contributed by atoms with Gasteiger partial charge in [0.25, 0.3) is 0 Å². The fourth-order valence-electron chi connectivity index (χ4n) is 4.16. The van der Waals surface area contributed by atoms with Crippen molar-refractivity contribution in [1.82, 2.24) is 9.21 Å². The summed E-state index contributed by atoms with van der Waals surface area (Å²) < 4.78 is 33.1. The second kappa shape index (κ2) is 8.96. The fourth-order valence-corrected chi connectivity index (χ4v) is 5.54. The van der Waals surface area contributed by atoms with Crippen LogP contribution in [0, 0.1) is 5.41 Å². The van der Waals surface area contributed by atoms with Crippen LogP contribution in [-0.4, -0.2) is 56.1 Å². The largest absolute Gasteiger partial charge is 0.497 e. The molecule has 0 spiro atoms. The van der Waals surface area contributed by atoms with Crippen LogP contribution in [0.4, 0.5) is 5.69 Å². The first kappa shape index (κ1) is 23.5. The first-order chi connectivity index (χ1) is 16.1. The van der Waals surface area contributed by atoms with E-state index in [1.54, 1.807) is 54.5 Å². The maximum atomic E-state index is 13.4. The third kappa shape index (κ3) is 4.29. The third-order valence-electron chi connectivity index (χ3n) is 6.22. The molecule has 1 saturated heterocycles. The summed E-state index contributed by atoms with van der Waals surface area (Å²) in [6.45, 7) is 0.605. The smallest absolute Gasteiger partial charge is 0.243 e. The molecule has 34 heavy (non-hydrogen) atoms. The van der Waals surface area contributed by atoms with E-state index >= 15 is 0 Å². The summed E-state index contributed by atoms with van der Waals surface area (Å²) in [6.07, 6.45) is 0.363. The van der Waals surface area contributed by atoms with Gasteiger partial charge in [-0.3, -0.25) is 10.2 Å². The van der Waals surface area contributed by atoms with E-state index < -0.39 is 16.1 Å². The Hall–Kier alpha value is -3.63. The molecule has 178 valence electrons. The lowest BCUT2D eigenvalue weighted by atomic mass is 10.1. The number of nitrogens with two attached hydrogens (primary N) is 2. The predicted molar refractivity (Wildman–Crippen MR) is 131 cm³/mol. The standard InChI is InChI=1S/C24H27N5O4S/c1-28(34(31,32)20-7-4-15-3-6-19(33-2)12-17(15)13-20)22-9-10-29(24(22)30)14-18-11-16(23(26)27)5-8-21(18)25/h3-8,11-13,22H,9-10,14,25H2,1-2H3,(H3,26,27). The molecule has 5 N–H and O–H groups in total. The third-order valence-corrected chi connectivity index (χ3v) is 8.08. The number of anilines is 1. The Kier molecular flexibility index (Phi) is 6.20. The summed E-state index contributed by atoms with van der Waals surface area (Å²) in [4.78, 5) is 14.8. The maximum Gasteiger partial charge on any atom is 0.243 e. The Morgan fingerprint density at radius 1 is 1.15 bits per heavy atom. The van der Waals surface area contributed by atoms with Gasteiger partial charge in [0.15, 0.2) is 0 Å². The van der Waals surface area contributed by atoms with Gasteiger partial charge in [-0.2, -0.15) is 4.31 Å². The number of rotatable bonds is 7. The zero-order chi connectivity index (χ0) is 24.6. The second-order valence-corrected chi connectivity index (χ2v) is 10.3. The first-order valence-corrected chi connectivity index (χ1v) is 12.1. The minimum absolute atomic E-state index is 0.0919. The minimum Gasteiger partial charge on any atom is -0.497 e. The number of amides is 1. The fraction of sp³-hybridized carbons (Fsp3) is 0.250. The lowest BCUT2D eigenvalue weighted by Crippen LogP contribution is -2.42. The molecule has 1 aliphatic heterocycles. The lowest BCUT2D eigenvalue weighted by molar-refractivity contribution is -0.131. The number of hydrogen-bond donors (Lipinski definition) is 3. The van der Waals surface area contributed by atoms with E-state index in [9.17, 15) is 13.2 Å². The quantitative estimate of drug-likeness (QED) is 0.268. The molecule has 0 radical (unpaired) electrons. The molecule has 3 aromatic rings. The number of ether oxygens (including phenoxy) is 1. The van der Waals surface area contributed by atoms with Crippen molar-refractivity contribution in [2.24, 2.45) is 5.73 Å². The van der Waals surface area contributed by atoms with E-state index in [1.165, 1.54) is 7.05 Å². The van der Waals surface area contributed by atoms with E-state index in [4.69, 9.17) is 21.6 Å². The normalized spacial score (nSPS) is 16.4. The van der Waals surface area contributed by atoms with Crippen molar-refractivity contribution in [3.05, 3.63) is 65.7 Å². The number of nitrogens with zero attached hydrogens (tertiary/aromatic N) is 2. The molecule has 3 aromatic carbocycles. The summed E-state index contributed by atoms with van der Waals surface area (Å²) >= 11 is 0. The first-order valence-electron chi connectivity index (χ1n) is 10.7. The highest BCUT2D eigenvalue weighted by molar-refractivity contribution is 7.89. The van der Waals surface area contributed by atoms with Crippen molar-refractivity contribution in [2.45, 2.75) is 23.9 Å². The van der Waals surface area contributed by atoms with Crippen LogP contribution in [0.15, 0.2) is 59.5 Å². The molecule has 1 fully saturated rings. The van der Waals surface area contributed by atoms with Gasteiger partial charge in [-0.25, -0.2) is 8.42 Å². The van der Waals surface area contributed by atoms with Crippen LogP contribution in [0.5, 0.6) is 5.75 Å². The number of likely N-dealkylation sites (tertiary alicyclic amines) is 1. The van der Waals surface area contributed by atoms with Crippen molar-refractivity contribution in [2.75, 3.05) is 26.4 Å². The molecule has 1 atom stereocenters. The van der Waals surface area contributed by atoms with Gasteiger partial charge in [0.1, 0.15) is 17.6 Å². The zero-order valence-corrected chi connectivity index (χ0v) is 19.8. The van der Waals surface area contributed by atoms with Crippen LogP contribution < -0.4 is 16.2 Å². The second-order valence-electron chi connectivity index (χ2n) is 8.29. The van der Waals surface area contributed by atoms with E-state index in [-0.39, 0.29) is 23.2 Å². The number of hydrogen-bond acceptors (Lipinski definition) is 6. The molecule has 0 saturated carbocycles.